The van der Waals surface area contributed by atoms with E-state index in [1.165, 1.54) is 0 Å². The summed E-state index contributed by atoms with van der Waals surface area (Å²) in [5.41, 5.74) is 3.03. The first kappa shape index (κ1) is 26.6. The molecule has 3 unspecified atom stereocenters. The molecule has 7 heteroatoms. The standard InChI is InChI=1S/C30H36N2O5/c33-21-26-17-23-13-9-10-15-25(23)20-32(26)28(34)18-24-14-5-2-1-3-8-16-29(35)37-27(19-31-30(24)36)22-11-6-4-7-12-22/h2,4-7,9-13,15,24,26-27,33H,1,3,8,14,16-21H2,(H,31,36). The molecule has 37 heavy (non-hydrogen) atoms. The minimum atomic E-state index is -0.593. The first-order valence-corrected chi connectivity index (χ1v) is 13.2. The highest BCUT2D eigenvalue weighted by Crippen LogP contribution is 2.26. The molecular formula is C30H36N2O5. The quantitative estimate of drug-likeness (QED) is 0.487. The lowest BCUT2D eigenvalue weighted by Gasteiger charge is -2.36. The Kier molecular flexibility index (Phi) is 9.49. The molecule has 2 aliphatic rings. The molecule has 2 aromatic carbocycles. The largest absolute Gasteiger partial charge is 0.456 e. The fraction of sp³-hybridized carbons (Fsp3) is 0.433. The van der Waals surface area contributed by atoms with Gasteiger partial charge >= 0.3 is 5.97 Å². The number of cyclic esters (lactones) is 1. The van der Waals surface area contributed by atoms with Crippen molar-refractivity contribution in [3.05, 3.63) is 83.4 Å². The maximum Gasteiger partial charge on any atom is 0.306 e. The lowest BCUT2D eigenvalue weighted by Crippen LogP contribution is -2.47. The van der Waals surface area contributed by atoms with Crippen molar-refractivity contribution in [2.24, 2.45) is 5.92 Å². The Hall–Kier alpha value is -3.45. The molecule has 0 fully saturated rings. The van der Waals surface area contributed by atoms with E-state index in [1.807, 2.05) is 66.7 Å². The number of hydrogen-bond donors (Lipinski definition) is 2. The van der Waals surface area contributed by atoms with Crippen LogP contribution < -0.4 is 5.32 Å². The molecule has 2 amide bonds. The van der Waals surface area contributed by atoms with E-state index in [0.717, 1.165) is 36.0 Å². The summed E-state index contributed by atoms with van der Waals surface area (Å²) in [6.45, 7) is 0.441. The lowest BCUT2D eigenvalue weighted by molar-refractivity contribution is -0.150. The van der Waals surface area contributed by atoms with Gasteiger partial charge in [0.1, 0.15) is 6.10 Å². The van der Waals surface area contributed by atoms with E-state index in [9.17, 15) is 19.5 Å². The van der Waals surface area contributed by atoms with E-state index < -0.39 is 12.0 Å². The maximum atomic E-state index is 13.4. The number of nitrogens with zero attached hydrogens (tertiary/aromatic N) is 1. The summed E-state index contributed by atoms with van der Waals surface area (Å²) < 4.78 is 5.73. The maximum absolute atomic E-state index is 13.4. The average molecular weight is 505 g/mol. The van der Waals surface area contributed by atoms with Crippen molar-refractivity contribution in [3.8, 4) is 0 Å². The average Bonchev–Trinajstić information content (AvgIpc) is 2.93. The van der Waals surface area contributed by atoms with Gasteiger partial charge in [0.05, 0.1) is 25.1 Å². The number of aliphatic hydroxyl groups excluding tert-OH is 1. The molecule has 0 spiro atoms. The second kappa shape index (κ2) is 13.2. The van der Waals surface area contributed by atoms with Gasteiger partial charge in [0.2, 0.25) is 11.8 Å². The summed E-state index contributed by atoms with van der Waals surface area (Å²) in [4.78, 5) is 40.9. The number of esters is 1. The second-order valence-electron chi connectivity index (χ2n) is 9.82. The number of aliphatic hydroxyl groups is 1. The van der Waals surface area contributed by atoms with Crippen molar-refractivity contribution in [1.29, 1.82) is 0 Å². The highest BCUT2D eigenvalue weighted by molar-refractivity contribution is 5.86. The summed E-state index contributed by atoms with van der Waals surface area (Å²) in [5.74, 6) is -1.23. The van der Waals surface area contributed by atoms with Gasteiger partial charge in [-0.3, -0.25) is 14.4 Å². The van der Waals surface area contributed by atoms with Crippen LogP contribution in [0.15, 0.2) is 66.7 Å². The number of allylic oxidation sites excluding steroid dienone is 2. The number of benzene rings is 2. The van der Waals surface area contributed by atoms with Gasteiger partial charge in [-0.05, 0) is 48.8 Å². The Morgan fingerprint density at radius 2 is 1.76 bits per heavy atom. The molecule has 2 N–H and O–H groups in total. The summed E-state index contributed by atoms with van der Waals surface area (Å²) >= 11 is 0. The lowest BCUT2D eigenvalue weighted by atomic mass is 9.92. The third kappa shape index (κ3) is 7.29. The van der Waals surface area contributed by atoms with Gasteiger partial charge in [-0.1, -0.05) is 66.7 Å². The highest BCUT2D eigenvalue weighted by atomic mass is 16.5. The smallest absolute Gasteiger partial charge is 0.306 e. The molecule has 2 aliphatic heterocycles. The SMILES string of the molecule is O=C1CCCCC=CCC(CC(=O)N2Cc3ccccc3CC2CO)C(=O)NCC(c2ccccc2)O1. The highest BCUT2D eigenvalue weighted by Gasteiger charge is 2.32. The van der Waals surface area contributed by atoms with Crippen LogP contribution in [0.5, 0.6) is 0 Å². The van der Waals surface area contributed by atoms with Crippen LogP contribution in [-0.4, -0.2) is 47.0 Å². The van der Waals surface area contributed by atoms with Crippen LogP contribution in [0.4, 0.5) is 0 Å². The van der Waals surface area contributed by atoms with Crippen molar-refractivity contribution in [3.63, 3.8) is 0 Å². The molecule has 0 saturated carbocycles. The van der Waals surface area contributed by atoms with Crippen LogP contribution in [0.25, 0.3) is 0 Å². The summed E-state index contributed by atoms with van der Waals surface area (Å²) in [5, 5.41) is 12.9. The van der Waals surface area contributed by atoms with Gasteiger partial charge in [-0.2, -0.15) is 0 Å². The van der Waals surface area contributed by atoms with E-state index in [4.69, 9.17) is 4.74 Å². The number of hydrogen-bond acceptors (Lipinski definition) is 5. The molecule has 0 bridgehead atoms. The zero-order valence-electron chi connectivity index (χ0n) is 21.2. The number of carbonyl (C=O) groups excluding carboxylic acids is 3. The van der Waals surface area contributed by atoms with E-state index in [1.54, 1.807) is 4.90 Å². The molecule has 2 heterocycles. The predicted molar refractivity (Wildman–Crippen MR) is 140 cm³/mol. The zero-order chi connectivity index (χ0) is 26.0. The Labute approximate surface area is 218 Å². The van der Waals surface area contributed by atoms with Gasteiger partial charge in [0.25, 0.3) is 0 Å². The van der Waals surface area contributed by atoms with Gasteiger partial charge in [-0.15, -0.1) is 0 Å². The molecule has 7 nitrogen and oxygen atoms in total. The number of carbonyl (C=O) groups is 3. The van der Waals surface area contributed by atoms with Crippen LogP contribution in [-0.2, 0) is 32.1 Å². The van der Waals surface area contributed by atoms with E-state index in [0.29, 0.717) is 25.8 Å². The van der Waals surface area contributed by atoms with E-state index in [2.05, 4.69) is 5.32 Å². The van der Waals surface area contributed by atoms with Crippen molar-refractivity contribution in [2.45, 2.75) is 63.6 Å². The fourth-order valence-electron chi connectivity index (χ4n) is 5.01. The third-order valence-electron chi connectivity index (χ3n) is 7.17. The first-order chi connectivity index (χ1) is 18.0. The van der Waals surface area contributed by atoms with E-state index >= 15 is 0 Å². The minimum absolute atomic E-state index is 0.0463. The van der Waals surface area contributed by atoms with Crippen LogP contribution in [0.3, 0.4) is 0 Å². The molecule has 2 aromatic rings. The first-order valence-electron chi connectivity index (χ1n) is 13.2. The number of ether oxygens (including phenoxy) is 1. The monoisotopic (exact) mass is 504 g/mol. The molecule has 3 atom stereocenters. The molecule has 0 saturated heterocycles. The van der Waals surface area contributed by atoms with Crippen molar-refractivity contribution < 1.29 is 24.2 Å². The van der Waals surface area contributed by atoms with Crippen molar-refractivity contribution in [1.82, 2.24) is 10.2 Å². The summed E-state index contributed by atoms with van der Waals surface area (Å²) in [6, 6.07) is 17.0. The Morgan fingerprint density at radius 1 is 1.00 bits per heavy atom. The zero-order valence-corrected chi connectivity index (χ0v) is 21.2. The number of amides is 2. The van der Waals surface area contributed by atoms with Gasteiger partial charge in [0, 0.05) is 19.4 Å². The molecule has 0 radical (unpaired) electrons. The molecule has 4 rings (SSSR count). The minimum Gasteiger partial charge on any atom is -0.456 e. The van der Waals surface area contributed by atoms with Crippen molar-refractivity contribution in [2.75, 3.05) is 13.2 Å². The predicted octanol–water partition coefficient (Wildman–Crippen LogP) is 3.86. The number of fused-ring (bicyclic) bond motifs is 1. The van der Waals surface area contributed by atoms with Gasteiger partial charge in [-0.25, -0.2) is 0 Å². The van der Waals surface area contributed by atoms with Crippen LogP contribution >= 0.6 is 0 Å². The van der Waals surface area contributed by atoms with Crippen LogP contribution in [0, 0.1) is 5.92 Å². The van der Waals surface area contributed by atoms with Gasteiger partial charge in [0.15, 0.2) is 0 Å². The Morgan fingerprint density at radius 3 is 2.54 bits per heavy atom. The molecule has 196 valence electrons. The number of nitrogens with one attached hydrogen (secondary N) is 1. The summed E-state index contributed by atoms with van der Waals surface area (Å²) in [6.07, 6.45) is 7.20. The van der Waals surface area contributed by atoms with Crippen LogP contribution in [0.1, 0.15) is 61.3 Å². The third-order valence-corrected chi connectivity index (χ3v) is 7.17. The second-order valence-corrected chi connectivity index (χ2v) is 9.82. The Bertz CT molecular complexity index is 1100. The molecule has 0 aromatic heterocycles. The summed E-state index contributed by atoms with van der Waals surface area (Å²) in [7, 11) is 0. The molecule has 0 aliphatic carbocycles. The van der Waals surface area contributed by atoms with Crippen LogP contribution in [0.2, 0.25) is 0 Å². The fourth-order valence-corrected chi connectivity index (χ4v) is 5.01. The normalized spacial score (nSPS) is 23.4. The number of rotatable bonds is 4. The van der Waals surface area contributed by atoms with Gasteiger partial charge < -0.3 is 20.1 Å². The molecular weight excluding hydrogens is 468 g/mol. The van der Waals surface area contributed by atoms with Crippen molar-refractivity contribution >= 4 is 17.8 Å². The van der Waals surface area contributed by atoms with E-state index in [-0.39, 0.29) is 43.4 Å². The topological polar surface area (TPSA) is 95.9 Å². The Balaban J connectivity index is 1.48.